The Morgan fingerprint density at radius 3 is 2.44 bits per heavy atom. The topological polar surface area (TPSA) is 80.9 Å². The van der Waals surface area contributed by atoms with E-state index in [1.807, 2.05) is 6.08 Å². The number of fused-ring (bicyclic) bond motifs is 5. The first kappa shape index (κ1) is 17.5. The smallest absolute Gasteiger partial charge is 0.130 e. The molecule has 3 fully saturated rings. The van der Waals surface area contributed by atoms with Crippen LogP contribution in [0.5, 0.6) is 0 Å². The highest BCUT2D eigenvalue weighted by Gasteiger charge is 2.65. The van der Waals surface area contributed by atoms with Crippen LogP contribution in [0, 0.1) is 40.9 Å². The van der Waals surface area contributed by atoms with Crippen LogP contribution in [0.15, 0.2) is 11.6 Å². The van der Waals surface area contributed by atoms with Crippen molar-refractivity contribution in [3.8, 4) is 12.3 Å². The molecule has 25 heavy (non-hydrogen) atoms. The van der Waals surface area contributed by atoms with Crippen molar-refractivity contribution < 1.29 is 20.4 Å². The fourth-order valence-electron chi connectivity index (χ4n) is 6.93. The maximum Gasteiger partial charge on any atom is 0.130 e. The van der Waals surface area contributed by atoms with Gasteiger partial charge in [-0.25, -0.2) is 0 Å². The number of hydrogen-bond donors (Lipinski definition) is 4. The number of aliphatic hydroxyl groups is 4. The molecule has 0 bridgehead atoms. The molecular weight excluding hydrogens is 316 g/mol. The fraction of sp³-hybridized carbons (Fsp3) is 0.810. The Bertz CT molecular complexity index is 651. The molecule has 3 saturated carbocycles. The molecule has 4 nitrogen and oxygen atoms in total. The molecule has 0 spiro atoms. The van der Waals surface area contributed by atoms with E-state index in [4.69, 9.17) is 6.42 Å². The van der Waals surface area contributed by atoms with Crippen LogP contribution in [0.3, 0.4) is 0 Å². The first-order chi connectivity index (χ1) is 11.7. The monoisotopic (exact) mass is 346 g/mol. The molecule has 4 N–H and O–H groups in total. The highest BCUT2D eigenvalue weighted by atomic mass is 16.3. The van der Waals surface area contributed by atoms with Gasteiger partial charge in [0.15, 0.2) is 0 Å². The summed E-state index contributed by atoms with van der Waals surface area (Å²) in [5, 5.41) is 42.3. The summed E-state index contributed by atoms with van der Waals surface area (Å²) in [7, 11) is 0. The number of hydrogen-bond acceptors (Lipinski definition) is 4. The lowest BCUT2D eigenvalue weighted by Crippen LogP contribution is -2.58. The van der Waals surface area contributed by atoms with Gasteiger partial charge in [-0.1, -0.05) is 31.4 Å². The SMILES string of the molecule is C#C[C@]1(O)CC[C@H]2[C@@H]3[C@@H](O)C=C4C[C@H](O)[C@@H](O)C[C@]4(C)[C@H]3CC[C@@]21C. The normalized spacial score (nSPS) is 57.7. The second-order valence-electron chi connectivity index (χ2n) is 9.43. The molecule has 0 amide bonds. The van der Waals surface area contributed by atoms with Gasteiger partial charge in [0.2, 0.25) is 0 Å². The summed E-state index contributed by atoms with van der Waals surface area (Å²) in [5.41, 5.74) is -0.554. The fourth-order valence-corrected chi connectivity index (χ4v) is 6.93. The van der Waals surface area contributed by atoms with Gasteiger partial charge in [0.1, 0.15) is 5.60 Å². The van der Waals surface area contributed by atoms with Gasteiger partial charge in [0, 0.05) is 5.41 Å². The van der Waals surface area contributed by atoms with Crippen LogP contribution in [0.1, 0.15) is 52.4 Å². The van der Waals surface area contributed by atoms with Crippen LogP contribution in [0.2, 0.25) is 0 Å². The molecule has 0 saturated heterocycles. The van der Waals surface area contributed by atoms with Gasteiger partial charge in [-0.05, 0) is 61.7 Å². The van der Waals surface area contributed by atoms with Crippen molar-refractivity contribution >= 4 is 0 Å². The zero-order chi connectivity index (χ0) is 18.2. The third-order valence-electron chi connectivity index (χ3n) is 8.55. The summed E-state index contributed by atoms with van der Waals surface area (Å²) < 4.78 is 0. The minimum atomic E-state index is -1.09. The Kier molecular flexibility index (Phi) is 3.74. The molecule has 0 aliphatic heterocycles. The van der Waals surface area contributed by atoms with E-state index < -0.39 is 23.9 Å². The maximum absolute atomic E-state index is 11.0. The molecule has 0 unspecified atom stereocenters. The third kappa shape index (κ3) is 2.10. The molecule has 0 radical (unpaired) electrons. The summed E-state index contributed by atoms with van der Waals surface area (Å²) in [6.45, 7) is 4.27. The second-order valence-corrected chi connectivity index (χ2v) is 9.43. The molecule has 0 aromatic rings. The van der Waals surface area contributed by atoms with Crippen molar-refractivity contribution in [3.63, 3.8) is 0 Å². The first-order valence-electron chi connectivity index (χ1n) is 9.62. The first-order valence-corrected chi connectivity index (χ1v) is 9.62. The zero-order valence-corrected chi connectivity index (χ0v) is 15.2. The van der Waals surface area contributed by atoms with E-state index in [0.29, 0.717) is 19.3 Å². The molecule has 9 atom stereocenters. The van der Waals surface area contributed by atoms with Crippen LogP contribution in [-0.2, 0) is 0 Å². The molecule has 4 heteroatoms. The van der Waals surface area contributed by atoms with Crippen molar-refractivity contribution in [2.24, 2.45) is 28.6 Å². The highest BCUT2D eigenvalue weighted by molar-refractivity contribution is 5.31. The number of terminal acetylenes is 1. The summed E-state index contributed by atoms with van der Waals surface area (Å²) in [6.07, 6.45) is 9.73. The summed E-state index contributed by atoms with van der Waals surface area (Å²) in [4.78, 5) is 0. The lowest BCUT2D eigenvalue weighted by molar-refractivity contribution is -0.134. The van der Waals surface area contributed by atoms with Crippen LogP contribution < -0.4 is 0 Å². The lowest BCUT2D eigenvalue weighted by Gasteiger charge is -2.59. The predicted molar refractivity (Wildman–Crippen MR) is 94.3 cm³/mol. The van der Waals surface area contributed by atoms with E-state index in [0.717, 1.165) is 24.8 Å². The van der Waals surface area contributed by atoms with E-state index in [-0.39, 0.29) is 28.6 Å². The number of rotatable bonds is 0. The minimum Gasteiger partial charge on any atom is -0.390 e. The van der Waals surface area contributed by atoms with E-state index in [9.17, 15) is 20.4 Å². The summed E-state index contributed by atoms with van der Waals surface area (Å²) >= 11 is 0. The largest absolute Gasteiger partial charge is 0.390 e. The van der Waals surface area contributed by atoms with Gasteiger partial charge in [-0.2, -0.15) is 0 Å². The highest BCUT2D eigenvalue weighted by Crippen LogP contribution is 2.66. The molecule has 0 heterocycles. The minimum absolute atomic E-state index is 0.0531. The zero-order valence-electron chi connectivity index (χ0n) is 15.2. The molecule has 0 aromatic carbocycles. The van der Waals surface area contributed by atoms with Crippen LogP contribution in [0.4, 0.5) is 0 Å². The second kappa shape index (κ2) is 5.33. The standard InChI is InChI=1S/C21H30O4/c1-4-21(25)8-6-14-18-13(5-7-20(14,21)3)19(2)11-17(24)15(22)9-12(19)10-16(18)23/h1,10,13-18,22-25H,5-9,11H2,2-3H3/t13-,14-,15-,16-,17-,18+,19-,20-,21-/m0/s1. The van der Waals surface area contributed by atoms with Crippen molar-refractivity contribution in [3.05, 3.63) is 11.6 Å². The lowest BCUT2D eigenvalue weighted by atomic mass is 9.46. The van der Waals surface area contributed by atoms with Gasteiger partial charge < -0.3 is 20.4 Å². The Balaban J connectivity index is 1.75. The van der Waals surface area contributed by atoms with E-state index in [1.165, 1.54) is 0 Å². The Labute approximate surface area is 150 Å². The van der Waals surface area contributed by atoms with E-state index >= 15 is 0 Å². The quantitative estimate of drug-likeness (QED) is 0.397. The van der Waals surface area contributed by atoms with Crippen molar-refractivity contribution in [1.82, 2.24) is 0 Å². The molecule has 138 valence electrons. The average Bonchev–Trinajstić information content (AvgIpc) is 2.83. The van der Waals surface area contributed by atoms with Crippen molar-refractivity contribution in [2.45, 2.75) is 76.3 Å². The van der Waals surface area contributed by atoms with Gasteiger partial charge in [-0.3, -0.25) is 0 Å². The Morgan fingerprint density at radius 1 is 1.08 bits per heavy atom. The van der Waals surface area contributed by atoms with Crippen LogP contribution in [-0.4, -0.2) is 44.3 Å². The van der Waals surface area contributed by atoms with Crippen LogP contribution in [0.25, 0.3) is 0 Å². The van der Waals surface area contributed by atoms with Crippen molar-refractivity contribution in [1.29, 1.82) is 0 Å². The summed E-state index contributed by atoms with van der Waals surface area (Å²) in [6, 6.07) is 0. The van der Waals surface area contributed by atoms with Crippen LogP contribution >= 0.6 is 0 Å². The third-order valence-corrected chi connectivity index (χ3v) is 8.55. The van der Waals surface area contributed by atoms with Gasteiger partial charge >= 0.3 is 0 Å². The maximum atomic E-state index is 11.0. The summed E-state index contributed by atoms with van der Waals surface area (Å²) in [5.74, 6) is 3.14. The average molecular weight is 346 g/mol. The van der Waals surface area contributed by atoms with Gasteiger partial charge in [0.05, 0.1) is 18.3 Å². The molecule has 4 aliphatic rings. The van der Waals surface area contributed by atoms with Gasteiger partial charge in [0.25, 0.3) is 0 Å². The van der Waals surface area contributed by atoms with E-state index in [1.54, 1.807) is 0 Å². The van der Waals surface area contributed by atoms with Crippen molar-refractivity contribution in [2.75, 3.05) is 0 Å². The van der Waals surface area contributed by atoms with E-state index in [2.05, 4.69) is 19.8 Å². The predicted octanol–water partition coefficient (Wildman–Crippen LogP) is 1.62. The Morgan fingerprint density at radius 2 is 1.76 bits per heavy atom. The molecular formula is C21H30O4. The molecule has 4 rings (SSSR count). The molecule has 4 aliphatic carbocycles. The molecule has 0 aromatic heterocycles. The van der Waals surface area contributed by atoms with Gasteiger partial charge in [-0.15, -0.1) is 6.42 Å². The Hall–Kier alpha value is -0.860. The number of aliphatic hydroxyl groups excluding tert-OH is 3.